The number of aromatic nitrogens is 1. The van der Waals surface area contributed by atoms with Gasteiger partial charge >= 0.3 is 0 Å². The lowest BCUT2D eigenvalue weighted by Crippen LogP contribution is -2.61. The SMILES string of the molecule is C=CCC1(C)c2cc(C(C)(C)C)ccc2N2c3ncccc3N(c3ccccc3C)C2C1(C)C. The van der Waals surface area contributed by atoms with E-state index < -0.39 is 0 Å². The predicted molar refractivity (Wildman–Crippen MR) is 145 cm³/mol. The van der Waals surface area contributed by atoms with Crippen LogP contribution in [0.15, 0.2) is 73.4 Å². The molecule has 2 atom stereocenters. The molecular weight excluding hydrogens is 414 g/mol. The zero-order valence-corrected chi connectivity index (χ0v) is 21.7. The van der Waals surface area contributed by atoms with Crippen molar-refractivity contribution in [1.82, 2.24) is 4.98 Å². The van der Waals surface area contributed by atoms with Crippen molar-refractivity contribution in [2.24, 2.45) is 5.41 Å². The van der Waals surface area contributed by atoms with Crippen molar-refractivity contribution < 1.29 is 0 Å². The average Bonchev–Trinajstić information content (AvgIpc) is 3.14. The Morgan fingerprint density at radius 1 is 0.941 bits per heavy atom. The summed E-state index contributed by atoms with van der Waals surface area (Å²) >= 11 is 0. The number of allylic oxidation sites excluding steroid dienone is 1. The van der Waals surface area contributed by atoms with Crippen LogP contribution in [0.25, 0.3) is 0 Å². The Labute approximate surface area is 205 Å². The largest absolute Gasteiger partial charge is 0.316 e. The Kier molecular flexibility index (Phi) is 4.99. The molecule has 0 radical (unpaired) electrons. The molecule has 34 heavy (non-hydrogen) atoms. The van der Waals surface area contributed by atoms with Gasteiger partial charge in [0.15, 0.2) is 5.82 Å². The summed E-state index contributed by atoms with van der Waals surface area (Å²) in [7, 11) is 0. The fourth-order valence-corrected chi connectivity index (χ4v) is 6.06. The van der Waals surface area contributed by atoms with Crippen molar-refractivity contribution in [2.75, 3.05) is 9.80 Å². The van der Waals surface area contributed by atoms with Crippen molar-refractivity contribution >= 4 is 22.9 Å². The van der Waals surface area contributed by atoms with E-state index in [1.165, 1.54) is 33.8 Å². The van der Waals surface area contributed by atoms with E-state index in [0.29, 0.717) is 0 Å². The Bertz CT molecular complexity index is 1270. The number of hydrogen-bond acceptors (Lipinski definition) is 3. The number of pyridine rings is 1. The van der Waals surface area contributed by atoms with Gasteiger partial charge in [0.1, 0.15) is 6.17 Å². The zero-order chi connectivity index (χ0) is 24.5. The molecule has 0 spiro atoms. The van der Waals surface area contributed by atoms with Gasteiger partial charge in [-0.3, -0.25) is 0 Å². The number of aryl methyl sites for hydroxylation is 1. The van der Waals surface area contributed by atoms with Crippen LogP contribution < -0.4 is 9.80 Å². The van der Waals surface area contributed by atoms with Gasteiger partial charge in [0.25, 0.3) is 0 Å². The van der Waals surface area contributed by atoms with Crippen molar-refractivity contribution in [1.29, 1.82) is 0 Å². The maximum absolute atomic E-state index is 4.94. The van der Waals surface area contributed by atoms with Crippen molar-refractivity contribution in [3.63, 3.8) is 0 Å². The quantitative estimate of drug-likeness (QED) is 0.374. The minimum atomic E-state index is -0.117. The van der Waals surface area contributed by atoms with Gasteiger partial charge in [-0.1, -0.05) is 78.0 Å². The molecule has 2 unspecified atom stereocenters. The van der Waals surface area contributed by atoms with Crippen LogP contribution in [-0.2, 0) is 10.8 Å². The van der Waals surface area contributed by atoms with Crippen molar-refractivity contribution in [2.45, 2.75) is 71.9 Å². The Morgan fingerprint density at radius 3 is 2.32 bits per heavy atom. The molecule has 3 aromatic rings. The van der Waals surface area contributed by atoms with E-state index in [2.05, 4.69) is 126 Å². The molecule has 5 rings (SSSR count). The Balaban J connectivity index is 1.85. The van der Waals surface area contributed by atoms with Gasteiger partial charge in [0, 0.05) is 28.4 Å². The number of hydrogen-bond donors (Lipinski definition) is 0. The lowest BCUT2D eigenvalue weighted by molar-refractivity contribution is 0.131. The van der Waals surface area contributed by atoms with E-state index >= 15 is 0 Å². The molecule has 0 N–H and O–H groups in total. The molecule has 0 saturated heterocycles. The summed E-state index contributed by atoms with van der Waals surface area (Å²) in [5.41, 5.74) is 7.57. The fraction of sp³-hybridized carbons (Fsp3) is 0.387. The summed E-state index contributed by atoms with van der Waals surface area (Å²) in [5, 5.41) is 0. The smallest absolute Gasteiger partial charge is 0.158 e. The Morgan fingerprint density at radius 2 is 1.65 bits per heavy atom. The highest BCUT2D eigenvalue weighted by Crippen LogP contribution is 2.63. The molecule has 3 heterocycles. The van der Waals surface area contributed by atoms with Crippen molar-refractivity contribution in [3.8, 4) is 0 Å². The first-order valence-electron chi connectivity index (χ1n) is 12.4. The molecule has 0 aliphatic carbocycles. The molecule has 2 aliphatic rings. The summed E-state index contributed by atoms with van der Waals surface area (Å²) in [6, 6.07) is 20.1. The Hall–Kier alpha value is -3.07. The minimum Gasteiger partial charge on any atom is -0.316 e. The lowest BCUT2D eigenvalue weighted by Gasteiger charge is -2.57. The van der Waals surface area contributed by atoms with Gasteiger partial charge in [-0.15, -0.1) is 6.58 Å². The third-order valence-corrected chi connectivity index (χ3v) is 8.45. The molecule has 0 bridgehead atoms. The topological polar surface area (TPSA) is 19.4 Å². The second-order valence-electron chi connectivity index (χ2n) is 11.8. The summed E-state index contributed by atoms with van der Waals surface area (Å²) < 4.78 is 0. The molecule has 2 aliphatic heterocycles. The molecule has 3 nitrogen and oxygen atoms in total. The van der Waals surface area contributed by atoms with Gasteiger partial charge < -0.3 is 9.80 Å². The number of benzene rings is 2. The van der Waals surface area contributed by atoms with Crippen LogP contribution in [-0.4, -0.2) is 11.1 Å². The molecule has 176 valence electrons. The summed E-state index contributed by atoms with van der Waals surface area (Å²) in [4.78, 5) is 9.96. The van der Waals surface area contributed by atoms with Crippen LogP contribution in [0.2, 0.25) is 0 Å². The normalized spacial score (nSPS) is 22.7. The molecular formula is C31H37N3. The standard InChI is InChI=1S/C31H37N3/c1-9-18-31(8)23-20-22(29(3,4)5)16-17-25(23)34-27-26(15-12-19-32-27)33(28(34)30(31,6)7)24-14-11-10-13-21(24)2/h9-17,19-20,28H,1,18H2,2-8H3. The highest BCUT2D eigenvalue weighted by Gasteiger charge is 2.59. The maximum atomic E-state index is 4.94. The first-order valence-corrected chi connectivity index (χ1v) is 12.4. The zero-order valence-electron chi connectivity index (χ0n) is 21.7. The van der Waals surface area contributed by atoms with Crippen LogP contribution in [0.1, 0.15) is 64.7 Å². The highest BCUT2D eigenvalue weighted by atomic mass is 15.5. The van der Waals surface area contributed by atoms with Crippen molar-refractivity contribution in [3.05, 3.63) is 90.1 Å². The average molecular weight is 452 g/mol. The summed E-state index contributed by atoms with van der Waals surface area (Å²) in [6.45, 7) is 20.6. The molecule has 0 fully saturated rings. The molecule has 0 saturated carbocycles. The number of rotatable bonds is 3. The second kappa shape index (κ2) is 7.46. The van der Waals surface area contributed by atoms with E-state index in [1.54, 1.807) is 0 Å². The minimum absolute atomic E-state index is 0.0828. The van der Waals surface area contributed by atoms with Gasteiger partial charge in [-0.05, 0) is 59.7 Å². The number of fused-ring (bicyclic) bond motifs is 5. The van der Waals surface area contributed by atoms with Crippen LogP contribution in [0.5, 0.6) is 0 Å². The predicted octanol–water partition coefficient (Wildman–Crippen LogP) is 8.18. The molecule has 1 aromatic heterocycles. The van der Waals surface area contributed by atoms with Gasteiger partial charge in [0.2, 0.25) is 0 Å². The van der Waals surface area contributed by atoms with Crippen LogP contribution in [0.3, 0.4) is 0 Å². The van der Waals surface area contributed by atoms with Crippen LogP contribution in [0, 0.1) is 12.3 Å². The van der Waals surface area contributed by atoms with Crippen LogP contribution in [0.4, 0.5) is 22.9 Å². The highest BCUT2D eigenvalue weighted by molar-refractivity contribution is 5.89. The molecule has 2 aromatic carbocycles. The van der Waals surface area contributed by atoms with Gasteiger partial charge in [-0.2, -0.15) is 0 Å². The van der Waals surface area contributed by atoms with E-state index in [9.17, 15) is 0 Å². The molecule has 0 amide bonds. The lowest BCUT2D eigenvalue weighted by atomic mass is 9.56. The summed E-state index contributed by atoms with van der Waals surface area (Å²) in [6.07, 6.45) is 5.03. The first-order chi connectivity index (χ1) is 16.0. The number of anilines is 4. The van der Waals surface area contributed by atoms with E-state index in [4.69, 9.17) is 4.98 Å². The number of para-hydroxylation sites is 1. The van der Waals surface area contributed by atoms with E-state index in [1.807, 2.05) is 6.20 Å². The molecule has 3 heteroatoms. The van der Waals surface area contributed by atoms with E-state index in [-0.39, 0.29) is 22.4 Å². The maximum Gasteiger partial charge on any atom is 0.158 e. The first kappa shape index (κ1) is 22.7. The third-order valence-electron chi connectivity index (χ3n) is 8.45. The third kappa shape index (κ3) is 2.99. The fourth-order valence-electron chi connectivity index (χ4n) is 6.06. The van der Waals surface area contributed by atoms with Crippen LogP contribution >= 0.6 is 0 Å². The monoisotopic (exact) mass is 451 g/mol. The van der Waals surface area contributed by atoms with E-state index in [0.717, 1.165) is 12.2 Å². The van der Waals surface area contributed by atoms with Gasteiger partial charge in [0.05, 0.1) is 5.69 Å². The number of nitrogens with zero attached hydrogens (tertiary/aromatic N) is 3. The summed E-state index contributed by atoms with van der Waals surface area (Å²) in [5.74, 6) is 1.04. The second-order valence-corrected chi connectivity index (χ2v) is 11.8. The van der Waals surface area contributed by atoms with Gasteiger partial charge in [-0.25, -0.2) is 4.98 Å².